The van der Waals surface area contributed by atoms with Crippen molar-refractivity contribution < 1.29 is 9.47 Å². The average Bonchev–Trinajstić information content (AvgIpc) is 2.47. The molecule has 1 aromatic carbocycles. The summed E-state index contributed by atoms with van der Waals surface area (Å²) < 4.78 is 11.8. The van der Waals surface area contributed by atoms with Gasteiger partial charge in [-0.2, -0.15) is 0 Å². The molecule has 0 N–H and O–H groups in total. The minimum Gasteiger partial charge on any atom is -0.492 e. The second kappa shape index (κ2) is 6.99. The summed E-state index contributed by atoms with van der Waals surface area (Å²) in [4.78, 5) is 2.42. The lowest BCUT2D eigenvalue weighted by Crippen LogP contribution is -2.53. The Morgan fingerprint density at radius 2 is 2.19 bits per heavy atom. The fourth-order valence-corrected chi connectivity index (χ4v) is 3.70. The number of hydrogen-bond donors (Lipinski definition) is 0. The number of likely N-dealkylation sites (N-methyl/N-ethyl adjacent to an activating group) is 1. The van der Waals surface area contributed by atoms with Crippen LogP contribution < -0.4 is 4.74 Å². The van der Waals surface area contributed by atoms with Crippen LogP contribution in [0.2, 0.25) is 0 Å². The summed E-state index contributed by atoms with van der Waals surface area (Å²) in [5.41, 5.74) is 2.71. The van der Waals surface area contributed by atoms with Crippen molar-refractivity contribution in [1.29, 1.82) is 0 Å². The zero-order chi connectivity index (χ0) is 14.1. The fraction of sp³-hybridized carbons (Fsp3) is 0.647. The molecular weight excluding hydrogens is 286 g/mol. The first-order valence-corrected chi connectivity index (χ1v) is 7.73. The Hall–Kier alpha value is -0.770. The monoisotopic (exact) mass is 311 g/mol. The van der Waals surface area contributed by atoms with Crippen molar-refractivity contribution in [3.63, 3.8) is 0 Å². The number of ether oxygens (including phenoxy) is 2. The molecule has 3 atom stereocenters. The van der Waals surface area contributed by atoms with E-state index in [2.05, 4.69) is 37.1 Å². The third kappa shape index (κ3) is 3.05. The summed E-state index contributed by atoms with van der Waals surface area (Å²) in [5.74, 6) is 1.52. The van der Waals surface area contributed by atoms with Crippen molar-refractivity contribution in [2.45, 2.75) is 44.2 Å². The van der Waals surface area contributed by atoms with Gasteiger partial charge in [0.25, 0.3) is 0 Å². The predicted molar refractivity (Wildman–Crippen MR) is 87.8 cm³/mol. The Kier molecular flexibility index (Phi) is 5.53. The second-order valence-electron chi connectivity index (χ2n) is 6.07. The van der Waals surface area contributed by atoms with E-state index < -0.39 is 0 Å². The van der Waals surface area contributed by atoms with Crippen LogP contribution in [-0.4, -0.2) is 44.4 Å². The molecule has 0 amide bonds. The van der Waals surface area contributed by atoms with Gasteiger partial charge in [-0.15, -0.1) is 12.4 Å². The van der Waals surface area contributed by atoms with Gasteiger partial charge in [-0.1, -0.05) is 25.5 Å². The molecule has 2 heterocycles. The summed E-state index contributed by atoms with van der Waals surface area (Å²) in [6.07, 6.45) is 3.72. The van der Waals surface area contributed by atoms with E-state index in [0.717, 1.165) is 31.7 Å². The quantitative estimate of drug-likeness (QED) is 0.855. The van der Waals surface area contributed by atoms with Gasteiger partial charge in [-0.05, 0) is 31.5 Å². The average molecular weight is 312 g/mol. The standard InChI is InChI=1S/C17H25NO2.ClH/c1-4-5-12-6-7-13-16(10-12)20-11-14-17(13)15(19-3)8-9-18(14)2;/h6-7,10,14-15,17H,4-5,8-9,11H2,1-3H3;1H/t14-,15?,17-;/m0./s1. The molecule has 1 saturated heterocycles. The third-order valence-electron chi connectivity index (χ3n) is 4.84. The highest BCUT2D eigenvalue weighted by molar-refractivity contribution is 5.85. The van der Waals surface area contributed by atoms with Gasteiger partial charge in [-0.3, -0.25) is 4.90 Å². The van der Waals surface area contributed by atoms with Crippen LogP contribution in [0.1, 0.15) is 36.8 Å². The van der Waals surface area contributed by atoms with Crippen LogP contribution in [0.3, 0.4) is 0 Å². The highest BCUT2D eigenvalue weighted by Crippen LogP contribution is 2.42. The molecule has 0 radical (unpaired) electrons. The first kappa shape index (κ1) is 16.6. The Morgan fingerprint density at radius 1 is 1.38 bits per heavy atom. The lowest BCUT2D eigenvalue weighted by atomic mass is 9.79. The Bertz CT molecular complexity index is 480. The normalized spacial score (nSPS) is 28.0. The van der Waals surface area contributed by atoms with E-state index in [1.807, 2.05) is 7.11 Å². The molecule has 118 valence electrons. The van der Waals surface area contributed by atoms with E-state index in [0.29, 0.717) is 18.1 Å². The van der Waals surface area contributed by atoms with Crippen molar-refractivity contribution in [2.75, 3.05) is 27.3 Å². The molecule has 0 aliphatic carbocycles. The topological polar surface area (TPSA) is 21.7 Å². The van der Waals surface area contributed by atoms with Crippen LogP contribution in [0.25, 0.3) is 0 Å². The zero-order valence-electron chi connectivity index (χ0n) is 13.2. The number of rotatable bonds is 3. The zero-order valence-corrected chi connectivity index (χ0v) is 14.0. The molecule has 0 aromatic heterocycles. The molecule has 3 rings (SSSR count). The van der Waals surface area contributed by atoms with Gasteiger partial charge in [0.05, 0.1) is 12.1 Å². The molecule has 0 spiro atoms. The van der Waals surface area contributed by atoms with Gasteiger partial charge in [0.15, 0.2) is 0 Å². The van der Waals surface area contributed by atoms with E-state index >= 15 is 0 Å². The molecule has 0 bridgehead atoms. The number of aryl methyl sites for hydroxylation is 1. The highest BCUT2D eigenvalue weighted by Gasteiger charge is 2.42. The number of fused-ring (bicyclic) bond motifs is 3. The third-order valence-corrected chi connectivity index (χ3v) is 4.84. The molecule has 21 heavy (non-hydrogen) atoms. The van der Waals surface area contributed by atoms with E-state index in [1.54, 1.807) is 0 Å². The number of halogens is 1. The summed E-state index contributed by atoms with van der Waals surface area (Å²) >= 11 is 0. The number of methoxy groups -OCH3 is 1. The van der Waals surface area contributed by atoms with Gasteiger partial charge < -0.3 is 9.47 Å². The Morgan fingerprint density at radius 3 is 2.90 bits per heavy atom. The maximum absolute atomic E-state index is 6.05. The van der Waals surface area contributed by atoms with E-state index in [9.17, 15) is 0 Å². The summed E-state index contributed by atoms with van der Waals surface area (Å²) in [6, 6.07) is 7.20. The van der Waals surface area contributed by atoms with Gasteiger partial charge in [0.1, 0.15) is 12.4 Å². The first-order chi connectivity index (χ1) is 9.74. The van der Waals surface area contributed by atoms with Crippen LogP contribution in [-0.2, 0) is 11.2 Å². The van der Waals surface area contributed by atoms with Crippen LogP contribution in [0.4, 0.5) is 0 Å². The summed E-state index contributed by atoms with van der Waals surface area (Å²) in [7, 11) is 4.04. The van der Waals surface area contributed by atoms with Crippen LogP contribution in [0.15, 0.2) is 18.2 Å². The Labute approximate surface area is 134 Å². The van der Waals surface area contributed by atoms with E-state index in [1.165, 1.54) is 17.5 Å². The summed E-state index contributed by atoms with van der Waals surface area (Å²) in [6.45, 7) is 4.09. The largest absolute Gasteiger partial charge is 0.492 e. The van der Waals surface area contributed by atoms with Gasteiger partial charge in [-0.25, -0.2) is 0 Å². The van der Waals surface area contributed by atoms with Crippen LogP contribution in [0.5, 0.6) is 5.75 Å². The van der Waals surface area contributed by atoms with Gasteiger partial charge in [0.2, 0.25) is 0 Å². The number of benzene rings is 1. The number of hydrogen-bond acceptors (Lipinski definition) is 3. The number of likely N-dealkylation sites (tertiary alicyclic amines) is 1. The van der Waals surface area contributed by atoms with Crippen molar-refractivity contribution in [1.82, 2.24) is 4.90 Å². The SMILES string of the molecule is CCCc1ccc2c(c1)OC[C@H]1[C@H]2C(OC)CCN1C.Cl. The molecule has 3 nitrogen and oxygen atoms in total. The molecule has 1 unspecified atom stereocenters. The smallest absolute Gasteiger partial charge is 0.123 e. The van der Waals surface area contributed by atoms with Crippen LogP contribution in [0, 0.1) is 0 Å². The summed E-state index contributed by atoms with van der Waals surface area (Å²) in [5, 5.41) is 0. The lowest BCUT2D eigenvalue weighted by molar-refractivity contribution is -0.0230. The van der Waals surface area contributed by atoms with Gasteiger partial charge >= 0.3 is 0 Å². The molecule has 1 aromatic rings. The number of piperidine rings is 1. The van der Waals surface area contributed by atoms with Crippen LogP contribution >= 0.6 is 12.4 Å². The van der Waals surface area contributed by atoms with Crippen molar-refractivity contribution in [2.24, 2.45) is 0 Å². The van der Waals surface area contributed by atoms with E-state index in [-0.39, 0.29) is 12.4 Å². The first-order valence-electron chi connectivity index (χ1n) is 7.73. The van der Waals surface area contributed by atoms with Crippen molar-refractivity contribution in [3.05, 3.63) is 29.3 Å². The maximum Gasteiger partial charge on any atom is 0.123 e. The molecule has 2 aliphatic rings. The van der Waals surface area contributed by atoms with Gasteiger partial charge in [0, 0.05) is 25.1 Å². The van der Waals surface area contributed by atoms with E-state index in [4.69, 9.17) is 9.47 Å². The minimum absolute atomic E-state index is 0. The molecular formula is C17H26ClNO2. The molecule has 4 heteroatoms. The molecule has 2 aliphatic heterocycles. The highest BCUT2D eigenvalue weighted by atomic mass is 35.5. The maximum atomic E-state index is 6.05. The lowest BCUT2D eigenvalue weighted by Gasteiger charge is -2.46. The minimum atomic E-state index is 0. The molecule has 1 fully saturated rings. The predicted octanol–water partition coefficient (Wildman–Crippen LogP) is 3.26. The molecule has 0 saturated carbocycles. The Balaban J connectivity index is 0.00000161. The fourth-order valence-electron chi connectivity index (χ4n) is 3.70. The van der Waals surface area contributed by atoms with Crippen molar-refractivity contribution in [3.8, 4) is 5.75 Å². The number of nitrogens with zero attached hydrogens (tertiary/aromatic N) is 1. The second-order valence-corrected chi connectivity index (χ2v) is 6.07. The van der Waals surface area contributed by atoms with Crippen molar-refractivity contribution >= 4 is 12.4 Å².